The molecule has 2 heteroatoms. The number of para-hydroxylation sites is 1. The molecular weight excluding hydrogens is 176 g/mol. The molecule has 0 spiro atoms. The van der Waals surface area contributed by atoms with Crippen molar-refractivity contribution in [1.29, 1.82) is 0 Å². The molecule has 2 nitrogen and oxygen atoms in total. The predicted octanol–water partition coefficient (Wildman–Crippen LogP) is 2.28. The van der Waals surface area contributed by atoms with E-state index in [0.717, 1.165) is 12.2 Å². The molecule has 0 radical (unpaired) electrons. The Bertz CT molecular complexity index is 346. The second kappa shape index (κ2) is 3.46. The first-order chi connectivity index (χ1) is 6.73. The minimum absolute atomic E-state index is 0.474. The molecule has 1 aromatic carbocycles. The van der Waals surface area contributed by atoms with Gasteiger partial charge in [-0.05, 0) is 18.1 Å². The molecule has 0 amide bonds. The van der Waals surface area contributed by atoms with Crippen LogP contribution < -0.4 is 4.74 Å². The number of ether oxygens (including phenoxy) is 1. The van der Waals surface area contributed by atoms with Crippen LogP contribution in [0.5, 0.6) is 5.75 Å². The summed E-state index contributed by atoms with van der Waals surface area (Å²) in [7, 11) is 0. The molecule has 1 atom stereocenters. The zero-order valence-corrected chi connectivity index (χ0v) is 8.07. The van der Waals surface area contributed by atoms with Crippen LogP contribution in [0, 0.1) is 0 Å². The van der Waals surface area contributed by atoms with Crippen LogP contribution in [-0.4, -0.2) is 10.9 Å². The highest BCUT2D eigenvalue weighted by Gasteiger charge is 2.32. The Kier molecular flexibility index (Phi) is 2.30. The molecule has 0 aliphatic carbocycles. The van der Waals surface area contributed by atoms with Gasteiger partial charge in [-0.15, -0.1) is 6.58 Å². The number of fused-ring (bicyclic) bond motifs is 1. The maximum Gasteiger partial charge on any atom is 0.211 e. The molecule has 2 rings (SSSR count). The van der Waals surface area contributed by atoms with Crippen molar-refractivity contribution in [3.8, 4) is 5.75 Å². The van der Waals surface area contributed by atoms with Gasteiger partial charge in [-0.3, -0.25) is 0 Å². The van der Waals surface area contributed by atoms with Gasteiger partial charge in [0.15, 0.2) is 0 Å². The van der Waals surface area contributed by atoms with Crippen LogP contribution in [-0.2, 0) is 6.42 Å². The van der Waals surface area contributed by atoms with E-state index in [9.17, 15) is 5.11 Å². The van der Waals surface area contributed by atoms with Crippen molar-refractivity contribution in [1.82, 2.24) is 0 Å². The number of hydrogen-bond donors (Lipinski definition) is 1. The van der Waals surface area contributed by atoms with Crippen LogP contribution in [0.25, 0.3) is 0 Å². The van der Waals surface area contributed by atoms with E-state index in [1.165, 1.54) is 5.56 Å². The Morgan fingerprint density at radius 2 is 2.29 bits per heavy atom. The molecule has 0 saturated carbocycles. The van der Waals surface area contributed by atoms with Gasteiger partial charge in [0.1, 0.15) is 5.75 Å². The smallest absolute Gasteiger partial charge is 0.211 e. The predicted molar refractivity (Wildman–Crippen MR) is 55.2 cm³/mol. The van der Waals surface area contributed by atoms with Crippen LogP contribution in [0.3, 0.4) is 0 Å². The Balaban J connectivity index is 2.24. The molecule has 0 saturated heterocycles. The fourth-order valence-electron chi connectivity index (χ4n) is 1.76. The second-order valence-corrected chi connectivity index (χ2v) is 3.65. The molecule has 14 heavy (non-hydrogen) atoms. The van der Waals surface area contributed by atoms with Gasteiger partial charge in [-0.2, -0.15) is 0 Å². The number of aryl methyl sites for hydroxylation is 1. The summed E-state index contributed by atoms with van der Waals surface area (Å²) in [4.78, 5) is 0. The van der Waals surface area contributed by atoms with Crippen LogP contribution in [0.2, 0.25) is 0 Å². The minimum Gasteiger partial charge on any atom is -0.462 e. The summed E-state index contributed by atoms with van der Waals surface area (Å²) < 4.78 is 5.54. The van der Waals surface area contributed by atoms with Crippen molar-refractivity contribution in [2.75, 3.05) is 0 Å². The lowest BCUT2D eigenvalue weighted by Crippen LogP contribution is -2.38. The van der Waals surface area contributed by atoms with Gasteiger partial charge >= 0.3 is 0 Å². The second-order valence-electron chi connectivity index (χ2n) is 3.65. The summed E-state index contributed by atoms with van der Waals surface area (Å²) in [5.74, 6) is -0.251. The maximum atomic E-state index is 10.0. The average molecular weight is 190 g/mol. The first kappa shape index (κ1) is 9.28. The van der Waals surface area contributed by atoms with Crippen molar-refractivity contribution in [2.45, 2.75) is 25.0 Å². The van der Waals surface area contributed by atoms with Crippen LogP contribution in [0.4, 0.5) is 0 Å². The summed E-state index contributed by atoms with van der Waals surface area (Å²) >= 11 is 0. The van der Waals surface area contributed by atoms with E-state index in [1.54, 1.807) is 6.08 Å². The molecule has 1 aliphatic rings. The Morgan fingerprint density at radius 1 is 1.50 bits per heavy atom. The highest BCUT2D eigenvalue weighted by molar-refractivity contribution is 5.35. The lowest BCUT2D eigenvalue weighted by Gasteiger charge is -2.33. The molecule has 0 fully saturated rings. The fraction of sp³-hybridized carbons (Fsp3) is 0.333. The van der Waals surface area contributed by atoms with Crippen LogP contribution in [0.15, 0.2) is 36.9 Å². The zero-order valence-electron chi connectivity index (χ0n) is 8.07. The molecule has 1 heterocycles. The van der Waals surface area contributed by atoms with Crippen molar-refractivity contribution in [3.63, 3.8) is 0 Å². The van der Waals surface area contributed by atoms with Gasteiger partial charge in [0.2, 0.25) is 5.79 Å². The van der Waals surface area contributed by atoms with Gasteiger partial charge in [-0.25, -0.2) is 0 Å². The quantitative estimate of drug-likeness (QED) is 0.725. The third-order valence-corrected chi connectivity index (χ3v) is 2.52. The van der Waals surface area contributed by atoms with E-state index in [-0.39, 0.29) is 0 Å². The largest absolute Gasteiger partial charge is 0.462 e. The van der Waals surface area contributed by atoms with E-state index < -0.39 is 5.79 Å². The van der Waals surface area contributed by atoms with E-state index in [4.69, 9.17) is 4.74 Å². The minimum atomic E-state index is -1.05. The van der Waals surface area contributed by atoms with Gasteiger partial charge in [0, 0.05) is 12.8 Å². The van der Waals surface area contributed by atoms with Crippen LogP contribution >= 0.6 is 0 Å². The third-order valence-electron chi connectivity index (χ3n) is 2.52. The molecule has 1 N–H and O–H groups in total. The summed E-state index contributed by atoms with van der Waals surface area (Å²) in [5, 5.41) is 10.0. The van der Waals surface area contributed by atoms with Crippen molar-refractivity contribution >= 4 is 0 Å². The highest BCUT2D eigenvalue weighted by atomic mass is 16.6. The first-order valence-electron chi connectivity index (χ1n) is 4.84. The molecule has 0 aromatic heterocycles. The van der Waals surface area contributed by atoms with E-state index >= 15 is 0 Å². The Labute approximate surface area is 83.8 Å². The average Bonchev–Trinajstić information content (AvgIpc) is 2.17. The first-order valence-corrected chi connectivity index (χ1v) is 4.84. The Hall–Kier alpha value is -1.28. The van der Waals surface area contributed by atoms with E-state index in [1.807, 2.05) is 24.3 Å². The van der Waals surface area contributed by atoms with Gasteiger partial charge in [0.05, 0.1) is 0 Å². The Morgan fingerprint density at radius 3 is 3.07 bits per heavy atom. The molecule has 1 aliphatic heterocycles. The third kappa shape index (κ3) is 1.66. The molecule has 1 unspecified atom stereocenters. The van der Waals surface area contributed by atoms with Crippen molar-refractivity contribution < 1.29 is 9.84 Å². The fourth-order valence-corrected chi connectivity index (χ4v) is 1.76. The summed E-state index contributed by atoms with van der Waals surface area (Å²) in [5.41, 5.74) is 1.17. The summed E-state index contributed by atoms with van der Waals surface area (Å²) in [6.07, 6.45) is 3.66. The monoisotopic (exact) mass is 190 g/mol. The summed E-state index contributed by atoms with van der Waals surface area (Å²) in [6.45, 7) is 3.62. The number of hydrogen-bond acceptors (Lipinski definition) is 2. The molecule has 1 aromatic rings. The molecular formula is C12H14O2. The highest BCUT2D eigenvalue weighted by Crippen LogP contribution is 2.33. The van der Waals surface area contributed by atoms with Crippen molar-refractivity contribution in [3.05, 3.63) is 42.5 Å². The normalized spacial score (nSPS) is 24.9. The number of benzene rings is 1. The number of rotatable bonds is 2. The SMILES string of the molecule is C=CCC1(O)CCc2ccccc2O1. The van der Waals surface area contributed by atoms with Gasteiger partial charge < -0.3 is 9.84 Å². The lowest BCUT2D eigenvalue weighted by molar-refractivity contribution is -0.146. The maximum absolute atomic E-state index is 10.0. The van der Waals surface area contributed by atoms with Crippen molar-refractivity contribution in [2.24, 2.45) is 0 Å². The summed E-state index contributed by atoms with van der Waals surface area (Å²) in [6, 6.07) is 7.82. The van der Waals surface area contributed by atoms with Gasteiger partial charge in [-0.1, -0.05) is 24.3 Å². The zero-order chi connectivity index (χ0) is 10.0. The van der Waals surface area contributed by atoms with E-state index in [2.05, 4.69) is 6.58 Å². The molecule has 74 valence electrons. The van der Waals surface area contributed by atoms with Crippen LogP contribution in [0.1, 0.15) is 18.4 Å². The molecule has 0 bridgehead atoms. The number of aliphatic hydroxyl groups is 1. The van der Waals surface area contributed by atoms with Gasteiger partial charge in [0.25, 0.3) is 0 Å². The lowest BCUT2D eigenvalue weighted by atomic mass is 9.98. The topological polar surface area (TPSA) is 29.5 Å². The van der Waals surface area contributed by atoms with E-state index in [0.29, 0.717) is 12.8 Å². The standard InChI is InChI=1S/C12H14O2/c1-2-8-12(13)9-7-10-5-3-4-6-11(10)14-12/h2-6,13H,1,7-9H2.